The molecule has 0 saturated heterocycles. The van der Waals surface area contributed by atoms with E-state index in [4.69, 9.17) is 4.74 Å². The van der Waals surface area contributed by atoms with Crippen molar-refractivity contribution in [1.29, 1.82) is 0 Å². The first-order valence-electron chi connectivity index (χ1n) is 8.95. The highest BCUT2D eigenvalue weighted by molar-refractivity contribution is 7.89. The number of sulfonamides is 1. The molecule has 1 fully saturated rings. The average Bonchev–Trinajstić information content (AvgIpc) is 2.97. The second kappa shape index (κ2) is 7.76. The summed E-state index contributed by atoms with van der Waals surface area (Å²) in [5.41, 5.74) is -1.20. The van der Waals surface area contributed by atoms with E-state index < -0.39 is 21.7 Å². The van der Waals surface area contributed by atoms with Crippen LogP contribution in [-0.2, 0) is 15.7 Å². The largest absolute Gasteiger partial charge is 0.457 e. The van der Waals surface area contributed by atoms with Gasteiger partial charge in [-0.2, -0.15) is 0 Å². The Bertz CT molecular complexity index is 824. The van der Waals surface area contributed by atoms with Gasteiger partial charge >= 0.3 is 0 Å². The van der Waals surface area contributed by atoms with Crippen LogP contribution in [0.5, 0.6) is 11.5 Å². The van der Waals surface area contributed by atoms with Crippen LogP contribution in [0.4, 0.5) is 4.39 Å². The van der Waals surface area contributed by atoms with Crippen molar-refractivity contribution in [2.75, 3.05) is 5.75 Å². The van der Waals surface area contributed by atoms with E-state index in [0.29, 0.717) is 42.7 Å². The molecular weight excluding hydrogens is 353 g/mol. The quantitative estimate of drug-likeness (QED) is 0.771. The highest BCUT2D eigenvalue weighted by atomic mass is 32.2. The number of halogens is 1. The lowest BCUT2D eigenvalue weighted by Crippen LogP contribution is -2.45. The Kier molecular flexibility index (Phi) is 5.63. The van der Waals surface area contributed by atoms with Gasteiger partial charge in [0.25, 0.3) is 0 Å². The summed E-state index contributed by atoms with van der Waals surface area (Å²) < 4.78 is 48.1. The summed E-state index contributed by atoms with van der Waals surface area (Å²) in [6.07, 6.45) is 1.97. The summed E-state index contributed by atoms with van der Waals surface area (Å²) in [7, 11) is -3.46. The fraction of sp³-hybridized carbons (Fsp3) is 0.400. The molecule has 2 aromatic carbocycles. The Hall–Kier alpha value is -1.92. The first kappa shape index (κ1) is 18.9. The normalized spacial score (nSPS) is 23.1. The van der Waals surface area contributed by atoms with Crippen molar-refractivity contribution < 1.29 is 17.5 Å². The predicted molar refractivity (Wildman–Crippen MR) is 101 cm³/mol. The maximum atomic E-state index is 15.7. The molecule has 1 N–H and O–H groups in total. The molecule has 0 heterocycles. The average molecular weight is 377 g/mol. The van der Waals surface area contributed by atoms with Crippen LogP contribution in [0.25, 0.3) is 0 Å². The molecule has 0 radical (unpaired) electrons. The molecule has 4 nitrogen and oxygen atoms in total. The summed E-state index contributed by atoms with van der Waals surface area (Å²) in [6.45, 7) is 1.79. The van der Waals surface area contributed by atoms with Gasteiger partial charge in [0.15, 0.2) is 5.67 Å². The molecule has 0 aliphatic heterocycles. The molecule has 0 bridgehead atoms. The van der Waals surface area contributed by atoms with Crippen molar-refractivity contribution in [3.05, 3.63) is 60.2 Å². The zero-order chi connectivity index (χ0) is 18.6. The van der Waals surface area contributed by atoms with Gasteiger partial charge < -0.3 is 4.74 Å². The van der Waals surface area contributed by atoms with E-state index in [2.05, 4.69) is 4.72 Å². The third-order valence-corrected chi connectivity index (χ3v) is 6.28. The third kappa shape index (κ3) is 4.24. The minimum atomic E-state index is -3.46. The van der Waals surface area contributed by atoms with Crippen LogP contribution >= 0.6 is 0 Å². The molecule has 0 spiro atoms. The molecule has 1 saturated carbocycles. The molecule has 0 amide bonds. The summed E-state index contributed by atoms with van der Waals surface area (Å²) in [5.74, 6) is 1.34. The van der Waals surface area contributed by atoms with Crippen LogP contribution in [0.2, 0.25) is 0 Å². The molecule has 140 valence electrons. The van der Waals surface area contributed by atoms with Gasteiger partial charge in [0.1, 0.15) is 11.5 Å². The summed E-state index contributed by atoms with van der Waals surface area (Å²) in [5, 5.41) is 0. The van der Waals surface area contributed by atoms with Crippen molar-refractivity contribution in [3.63, 3.8) is 0 Å². The number of ether oxygens (including phenoxy) is 1. The van der Waals surface area contributed by atoms with Gasteiger partial charge in [0.2, 0.25) is 10.0 Å². The maximum Gasteiger partial charge on any atom is 0.211 e. The molecular formula is C20H24FNO3S. The predicted octanol–water partition coefficient (Wildman–Crippen LogP) is 4.53. The van der Waals surface area contributed by atoms with Gasteiger partial charge in [-0.25, -0.2) is 17.5 Å². The van der Waals surface area contributed by atoms with E-state index >= 15 is 4.39 Å². The van der Waals surface area contributed by atoms with E-state index in [0.717, 1.165) is 0 Å². The molecule has 2 aromatic rings. The standard InChI is InChI=1S/C20H24FNO3S/c1-2-15-26(23,24)22-19-9-6-14-20(19,21)16-10-12-18(13-11-16)25-17-7-4-3-5-8-17/h3-5,7-8,10-13,19,22H,2,6,9,14-15H2,1H3. The van der Waals surface area contributed by atoms with Crippen molar-refractivity contribution in [3.8, 4) is 11.5 Å². The molecule has 26 heavy (non-hydrogen) atoms. The summed E-state index contributed by atoms with van der Waals surface area (Å²) in [4.78, 5) is 0. The Morgan fingerprint density at radius 3 is 2.42 bits per heavy atom. The molecule has 2 atom stereocenters. The first-order valence-corrected chi connectivity index (χ1v) is 10.6. The van der Waals surface area contributed by atoms with Crippen molar-refractivity contribution in [1.82, 2.24) is 4.72 Å². The SMILES string of the molecule is CCCS(=O)(=O)NC1CCCC1(F)c1ccc(Oc2ccccc2)cc1. The van der Waals surface area contributed by atoms with Crippen molar-refractivity contribution in [2.45, 2.75) is 44.3 Å². The molecule has 0 aromatic heterocycles. The Balaban J connectivity index is 1.76. The van der Waals surface area contributed by atoms with Gasteiger partial charge in [-0.05, 0) is 55.5 Å². The van der Waals surface area contributed by atoms with E-state index in [9.17, 15) is 8.42 Å². The van der Waals surface area contributed by atoms with Crippen LogP contribution in [-0.4, -0.2) is 20.2 Å². The second-order valence-corrected chi connectivity index (χ2v) is 8.56. The van der Waals surface area contributed by atoms with Crippen LogP contribution in [0.1, 0.15) is 38.2 Å². The Morgan fingerprint density at radius 2 is 1.77 bits per heavy atom. The second-order valence-electron chi connectivity index (χ2n) is 6.68. The number of hydrogen-bond acceptors (Lipinski definition) is 3. The number of para-hydroxylation sites is 1. The lowest BCUT2D eigenvalue weighted by molar-refractivity contribution is 0.142. The minimum absolute atomic E-state index is 0.0173. The molecule has 2 unspecified atom stereocenters. The maximum absolute atomic E-state index is 15.7. The Labute approximate surface area is 154 Å². The van der Waals surface area contributed by atoms with Gasteiger partial charge in [-0.1, -0.05) is 37.3 Å². The first-order chi connectivity index (χ1) is 12.4. The number of benzene rings is 2. The number of alkyl halides is 1. The van der Waals surface area contributed by atoms with Crippen molar-refractivity contribution in [2.24, 2.45) is 0 Å². The highest BCUT2D eigenvalue weighted by Gasteiger charge is 2.46. The number of nitrogens with one attached hydrogen (secondary N) is 1. The van der Waals surface area contributed by atoms with Crippen LogP contribution in [0.3, 0.4) is 0 Å². The fourth-order valence-corrected chi connectivity index (χ4v) is 4.83. The zero-order valence-corrected chi connectivity index (χ0v) is 15.6. The van der Waals surface area contributed by atoms with Crippen LogP contribution in [0, 0.1) is 0 Å². The monoisotopic (exact) mass is 377 g/mol. The van der Waals surface area contributed by atoms with Crippen LogP contribution in [0.15, 0.2) is 54.6 Å². The fourth-order valence-electron chi connectivity index (χ4n) is 3.43. The third-order valence-electron chi connectivity index (χ3n) is 4.69. The minimum Gasteiger partial charge on any atom is -0.457 e. The zero-order valence-electron chi connectivity index (χ0n) is 14.8. The molecule has 1 aliphatic rings. The molecule has 6 heteroatoms. The summed E-state index contributed by atoms with van der Waals surface area (Å²) >= 11 is 0. The van der Waals surface area contributed by atoms with E-state index in [1.807, 2.05) is 30.3 Å². The lowest BCUT2D eigenvalue weighted by Gasteiger charge is -2.28. The van der Waals surface area contributed by atoms with E-state index in [1.54, 1.807) is 31.2 Å². The summed E-state index contributed by atoms with van der Waals surface area (Å²) in [6, 6.07) is 15.5. The molecule has 3 rings (SSSR count). The number of rotatable bonds is 7. The Morgan fingerprint density at radius 1 is 1.12 bits per heavy atom. The van der Waals surface area contributed by atoms with Gasteiger partial charge in [0.05, 0.1) is 11.8 Å². The smallest absolute Gasteiger partial charge is 0.211 e. The number of hydrogen-bond donors (Lipinski definition) is 1. The lowest BCUT2D eigenvalue weighted by atomic mass is 9.91. The van der Waals surface area contributed by atoms with Gasteiger partial charge in [-0.3, -0.25) is 0 Å². The molecule has 1 aliphatic carbocycles. The highest BCUT2D eigenvalue weighted by Crippen LogP contribution is 2.43. The van der Waals surface area contributed by atoms with E-state index in [-0.39, 0.29) is 5.75 Å². The van der Waals surface area contributed by atoms with Crippen LogP contribution < -0.4 is 9.46 Å². The van der Waals surface area contributed by atoms with Crippen molar-refractivity contribution >= 4 is 10.0 Å². The topological polar surface area (TPSA) is 55.4 Å². The van der Waals surface area contributed by atoms with Gasteiger partial charge in [0, 0.05) is 0 Å². The van der Waals surface area contributed by atoms with E-state index in [1.165, 1.54) is 0 Å². The van der Waals surface area contributed by atoms with Gasteiger partial charge in [-0.15, -0.1) is 0 Å².